The minimum atomic E-state index is -0.0213. The maximum Gasteiger partial charge on any atom is 0.229 e. The number of carbonyl (C=O) groups excluding carboxylic acids is 1. The van der Waals surface area contributed by atoms with E-state index in [9.17, 15) is 4.79 Å². The summed E-state index contributed by atoms with van der Waals surface area (Å²) in [4.78, 5) is 23.1. The van der Waals surface area contributed by atoms with E-state index in [-0.39, 0.29) is 11.8 Å². The van der Waals surface area contributed by atoms with Crippen LogP contribution in [0.5, 0.6) is 0 Å². The van der Waals surface area contributed by atoms with Gasteiger partial charge in [0, 0.05) is 37.0 Å². The monoisotopic (exact) mass is 366 g/mol. The Kier molecular flexibility index (Phi) is 4.83. The van der Waals surface area contributed by atoms with Crippen molar-refractivity contribution < 1.29 is 4.79 Å². The molecule has 0 spiro atoms. The first-order valence-corrected chi connectivity index (χ1v) is 9.32. The van der Waals surface area contributed by atoms with Gasteiger partial charge < -0.3 is 10.2 Å². The molecular weight excluding hydrogens is 348 g/mol. The van der Waals surface area contributed by atoms with Gasteiger partial charge in [-0.2, -0.15) is 0 Å². The second-order valence-electron chi connectivity index (χ2n) is 6.09. The molecule has 26 heavy (non-hydrogen) atoms. The maximum absolute atomic E-state index is 12.5. The Bertz CT molecular complexity index is 862. The Labute approximate surface area is 155 Å². The molecular formula is C18H18N6OS. The summed E-state index contributed by atoms with van der Waals surface area (Å²) >= 11 is 1.39. The van der Waals surface area contributed by atoms with E-state index in [0.29, 0.717) is 5.13 Å². The van der Waals surface area contributed by atoms with Gasteiger partial charge in [0.05, 0.1) is 6.20 Å². The highest BCUT2D eigenvalue weighted by atomic mass is 32.1. The number of benzene rings is 1. The van der Waals surface area contributed by atoms with Crippen LogP contribution in [0.3, 0.4) is 0 Å². The predicted octanol–water partition coefficient (Wildman–Crippen LogP) is 2.85. The fraction of sp³-hybridized carbons (Fsp3) is 0.278. The van der Waals surface area contributed by atoms with Crippen LogP contribution in [0.1, 0.15) is 12.8 Å². The summed E-state index contributed by atoms with van der Waals surface area (Å²) < 4.78 is 0. The molecule has 1 aliphatic heterocycles. The third-order valence-electron chi connectivity index (χ3n) is 4.42. The van der Waals surface area contributed by atoms with Gasteiger partial charge in [-0.05, 0) is 12.8 Å². The molecule has 1 amide bonds. The molecule has 1 N–H and O–H groups in total. The Morgan fingerprint density at radius 1 is 1.12 bits per heavy atom. The normalized spacial score (nSPS) is 15.0. The van der Waals surface area contributed by atoms with Crippen LogP contribution in [-0.2, 0) is 4.79 Å². The third-order valence-corrected chi connectivity index (χ3v) is 5.30. The summed E-state index contributed by atoms with van der Waals surface area (Å²) in [6.07, 6.45) is 6.68. The van der Waals surface area contributed by atoms with Crippen LogP contribution in [-0.4, -0.2) is 39.2 Å². The average molecular weight is 366 g/mol. The van der Waals surface area contributed by atoms with Gasteiger partial charge in [-0.15, -0.1) is 10.2 Å². The van der Waals surface area contributed by atoms with Crippen molar-refractivity contribution in [3.05, 3.63) is 48.9 Å². The lowest BCUT2D eigenvalue weighted by Gasteiger charge is -2.31. The van der Waals surface area contributed by atoms with Gasteiger partial charge in [-0.25, -0.2) is 4.98 Å². The first-order valence-electron chi connectivity index (χ1n) is 8.50. The van der Waals surface area contributed by atoms with Crippen LogP contribution in [0.25, 0.3) is 10.6 Å². The van der Waals surface area contributed by atoms with Crippen LogP contribution in [0, 0.1) is 5.92 Å². The number of piperidine rings is 1. The topological polar surface area (TPSA) is 83.9 Å². The van der Waals surface area contributed by atoms with Gasteiger partial charge in [-0.3, -0.25) is 9.78 Å². The standard InChI is InChI=1S/C18H18N6OS/c25-16(13-6-10-24(11-7-13)15-12-19-8-9-20-15)21-18-23-22-17(26-18)14-4-2-1-3-5-14/h1-5,8-9,12-13H,6-7,10-11H2,(H,21,23,25). The third kappa shape index (κ3) is 3.70. The van der Waals surface area contributed by atoms with Gasteiger partial charge in [0.25, 0.3) is 0 Å². The molecule has 132 valence electrons. The molecule has 0 radical (unpaired) electrons. The van der Waals surface area contributed by atoms with Crippen LogP contribution in [0.15, 0.2) is 48.9 Å². The highest BCUT2D eigenvalue weighted by molar-refractivity contribution is 7.18. The average Bonchev–Trinajstić information content (AvgIpc) is 3.18. The first kappa shape index (κ1) is 16.6. The molecule has 0 saturated carbocycles. The molecule has 1 saturated heterocycles. The van der Waals surface area contributed by atoms with Crippen molar-refractivity contribution in [2.45, 2.75) is 12.8 Å². The molecule has 7 nitrogen and oxygen atoms in total. The van der Waals surface area contributed by atoms with Crippen LogP contribution in [0.4, 0.5) is 10.9 Å². The number of nitrogens with one attached hydrogen (secondary N) is 1. The molecule has 0 bridgehead atoms. The quantitative estimate of drug-likeness (QED) is 0.764. The molecule has 8 heteroatoms. The van der Waals surface area contributed by atoms with Crippen molar-refractivity contribution in [1.29, 1.82) is 0 Å². The van der Waals surface area contributed by atoms with Gasteiger partial charge >= 0.3 is 0 Å². The van der Waals surface area contributed by atoms with Crippen molar-refractivity contribution in [1.82, 2.24) is 20.2 Å². The summed E-state index contributed by atoms with van der Waals surface area (Å²) in [5.74, 6) is 0.856. The molecule has 0 unspecified atom stereocenters. The minimum absolute atomic E-state index is 0.0135. The maximum atomic E-state index is 12.5. The van der Waals surface area contributed by atoms with E-state index in [1.807, 2.05) is 30.3 Å². The lowest BCUT2D eigenvalue weighted by molar-refractivity contribution is -0.120. The zero-order chi connectivity index (χ0) is 17.8. The van der Waals surface area contributed by atoms with Gasteiger partial charge in [-0.1, -0.05) is 41.7 Å². The molecule has 3 heterocycles. The molecule has 0 aliphatic carbocycles. The number of amides is 1. The number of anilines is 2. The van der Waals surface area contributed by atoms with Crippen LogP contribution in [0.2, 0.25) is 0 Å². The van der Waals surface area contributed by atoms with E-state index in [2.05, 4.69) is 30.4 Å². The lowest BCUT2D eigenvalue weighted by atomic mass is 9.96. The number of aromatic nitrogens is 4. The first-order chi connectivity index (χ1) is 12.8. The summed E-state index contributed by atoms with van der Waals surface area (Å²) in [5, 5.41) is 12.5. The second kappa shape index (κ2) is 7.57. The van der Waals surface area contributed by atoms with Crippen molar-refractivity contribution in [2.24, 2.45) is 5.92 Å². The molecule has 2 aromatic heterocycles. The van der Waals surface area contributed by atoms with E-state index in [1.54, 1.807) is 18.6 Å². The fourth-order valence-corrected chi connectivity index (χ4v) is 3.76. The van der Waals surface area contributed by atoms with E-state index in [0.717, 1.165) is 42.3 Å². The van der Waals surface area contributed by atoms with Crippen molar-refractivity contribution in [3.63, 3.8) is 0 Å². The Hall–Kier alpha value is -2.87. The molecule has 1 fully saturated rings. The van der Waals surface area contributed by atoms with Gasteiger partial charge in [0.1, 0.15) is 10.8 Å². The van der Waals surface area contributed by atoms with E-state index in [1.165, 1.54) is 11.3 Å². The van der Waals surface area contributed by atoms with Gasteiger partial charge in [0.2, 0.25) is 11.0 Å². The Morgan fingerprint density at radius 3 is 2.65 bits per heavy atom. The molecule has 3 aromatic rings. The molecule has 4 rings (SSSR count). The molecule has 0 atom stereocenters. The zero-order valence-corrected chi connectivity index (χ0v) is 14.9. The Morgan fingerprint density at radius 2 is 1.92 bits per heavy atom. The number of nitrogens with zero attached hydrogens (tertiary/aromatic N) is 5. The number of hydrogen-bond acceptors (Lipinski definition) is 7. The largest absolute Gasteiger partial charge is 0.355 e. The fourth-order valence-electron chi connectivity index (χ4n) is 3.00. The van der Waals surface area contributed by atoms with E-state index < -0.39 is 0 Å². The lowest BCUT2D eigenvalue weighted by Crippen LogP contribution is -2.38. The highest BCUT2D eigenvalue weighted by Gasteiger charge is 2.26. The second-order valence-corrected chi connectivity index (χ2v) is 7.07. The van der Waals surface area contributed by atoms with Crippen LogP contribution >= 0.6 is 11.3 Å². The number of hydrogen-bond donors (Lipinski definition) is 1. The minimum Gasteiger partial charge on any atom is -0.355 e. The number of carbonyl (C=O) groups is 1. The SMILES string of the molecule is O=C(Nc1nnc(-c2ccccc2)s1)C1CCN(c2cnccn2)CC1. The smallest absolute Gasteiger partial charge is 0.229 e. The van der Waals surface area contributed by atoms with Crippen LogP contribution < -0.4 is 10.2 Å². The van der Waals surface area contributed by atoms with E-state index in [4.69, 9.17) is 0 Å². The van der Waals surface area contributed by atoms with Crippen molar-refractivity contribution in [3.8, 4) is 10.6 Å². The van der Waals surface area contributed by atoms with Gasteiger partial charge in [0.15, 0.2) is 0 Å². The Balaban J connectivity index is 1.34. The van der Waals surface area contributed by atoms with Crippen molar-refractivity contribution >= 4 is 28.2 Å². The zero-order valence-electron chi connectivity index (χ0n) is 14.1. The predicted molar refractivity (Wildman–Crippen MR) is 101 cm³/mol. The summed E-state index contributed by atoms with van der Waals surface area (Å²) in [6, 6.07) is 9.84. The van der Waals surface area contributed by atoms with Crippen molar-refractivity contribution in [2.75, 3.05) is 23.3 Å². The summed E-state index contributed by atoms with van der Waals surface area (Å²) in [7, 11) is 0. The van der Waals surface area contributed by atoms with E-state index >= 15 is 0 Å². The molecule has 1 aliphatic rings. The number of rotatable bonds is 4. The highest BCUT2D eigenvalue weighted by Crippen LogP contribution is 2.27. The summed E-state index contributed by atoms with van der Waals surface area (Å²) in [5.41, 5.74) is 1.00. The molecule has 1 aromatic carbocycles. The summed E-state index contributed by atoms with van der Waals surface area (Å²) in [6.45, 7) is 1.59.